The molecule has 1 unspecified atom stereocenters. The lowest BCUT2D eigenvalue weighted by atomic mass is 9.90. The number of thiophene rings is 1. The van der Waals surface area contributed by atoms with Crippen molar-refractivity contribution in [3.05, 3.63) is 33.1 Å². The van der Waals surface area contributed by atoms with E-state index in [4.69, 9.17) is 9.26 Å². The maximum absolute atomic E-state index is 12.3. The topological polar surface area (TPSA) is 77.3 Å². The molecule has 0 aromatic carbocycles. The van der Waals surface area contributed by atoms with Crippen LogP contribution >= 0.6 is 11.3 Å². The maximum Gasteiger partial charge on any atom is 0.261 e. The van der Waals surface area contributed by atoms with Crippen LogP contribution in [0.15, 0.2) is 10.6 Å². The number of amides is 1. The molecule has 2 aromatic rings. The van der Waals surface area contributed by atoms with E-state index in [0.29, 0.717) is 37.2 Å². The van der Waals surface area contributed by atoms with Gasteiger partial charge in [0.05, 0.1) is 4.88 Å². The van der Waals surface area contributed by atoms with Gasteiger partial charge in [0.1, 0.15) is 6.61 Å². The van der Waals surface area contributed by atoms with Gasteiger partial charge in [0.2, 0.25) is 5.89 Å². The number of hydrogen-bond donors (Lipinski definition) is 1. The number of aromatic nitrogens is 2. The predicted octanol–water partition coefficient (Wildman–Crippen LogP) is 2.37. The monoisotopic (exact) mass is 335 g/mol. The van der Waals surface area contributed by atoms with Crippen LogP contribution in [0, 0.1) is 5.92 Å². The SMILES string of the molecule is COCc1noc(CCNC(=O)c2cc3c(s2)CCC(C)C3)n1. The number of carbonyl (C=O) groups excluding carboxylic acids is 1. The average molecular weight is 335 g/mol. The predicted molar refractivity (Wildman–Crippen MR) is 86.6 cm³/mol. The number of methoxy groups -OCH3 is 1. The Morgan fingerprint density at radius 1 is 1.57 bits per heavy atom. The molecular formula is C16H21N3O3S. The molecule has 124 valence electrons. The Bertz CT molecular complexity index is 680. The molecule has 0 saturated heterocycles. The van der Waals surface area contributed by atoms with Crippen molar-refractivity contribution in [1.29, 1.82) is 0 Å². The summed E-state index contributed by atoms with van der Waals surface area (Å²) in [6.45, 7) is 3.07. The van der Waals surface area contributed by atoms with E-state index in [-0.39, 0.29) is 5.91 Å². The third kappa shape index (κ3) is 3.97. The third-order valence-corrected chi connectivity index (χ3v) is 5.20. The first-order chi connectivity index (χ1) is 11.2. The van der Waals surface area contributed by atoms with Crippen LogP contribution < -0.4 is 5.32 Å². The minimum atomic E-state index is -0.0197. The molecule has 0 aliphatic heterocycles. The van der Waals surface area contributed by atoms with Crippen LogP contribution in [-0.4, -0.2) is 29.7 Å². The first-order valence-electron chi connectivity index (χ1n) is 7.86. The van der Waals surface area contributed by atoms with E-state index in [0.717, 1.165) is 17.7 Å². The fourth-order valence-corrected chi connectivity index (χ4v) is 3.89. The summed E-state index contributed by atoms with van der Waals surface area (Å²) < 4.78 is 10.0. The van der Waals surface area contributed by atoms with Gasteiger partial charge in [-0.05, 0) is 36.8 Å². The zero-order valence-electron chi connectivity index (χ0n) is 13.4. The number of fused-ring (bicyclic) bond motifs is 1. The highest BCUT2D eigenvalue weighted by Crippen LogP contribution is 2.32. The lowest BCUT2D eigenvalue weighted by molar-refractivity contribution is 0.0957. The molecule has 23 heavy (non-hydrogen) atoms. The molecule has 7 heteroatoms. The van der Waals surface area contributed by atoms with Crippen molar-refractivity contribution >= 4 is 17.2 Å². The van der Waals surface area contributed by atoms with E-state index in [1.165, 1.54) is 16.9 Å². The second-order valence-electron chi connectivity index (χ2n) is 5.95. The van der Waals surface area contributed by atoms with Gasteiger partial charge >= 0.3 is 0 Å². The number of aryl methyl sites for hydroxylation is 1. The number of rotatable bonds is 6. The van der Waals surface area contributed by atoms with Gasteiger partial charge in [-0.1, -0.05) is 12.1 Å². The highest BCUT2D eigenvalue weighted by atomic mass is 32.1. The maximum atomic E-state index is 12.3. The molecule has 1 atom stereocenters. The van der Waals surface area contributed by atoms with Crippen molar-refractivity contribution < 1.29 is 14.1 Å². The summed E-state index contributed by atoms with van der Waals surface area (Å²) in [4.78, 5) is 18.6. The van der Waals surface area contributed by atoms with Crippen LogP contribution in [-0.2, 0) is 30.6 Å². The normalized spacial score (nSPS) is 17.0. The lowest BCUT2D eigenvalue weighted by Gasteiger charge is -2.16. The van der Waals surface area contributed by atoms with Gasteiger partial charge in [0, 0.05) is 25.0 Å². The zero-order valence-corrected chi connectivity index (χ0v) is 14.2. The minimum absolute atomic E-state index is 0.0197. The highest BCUT2D eigenvalue weighted by Gasteiger charge is 2.20. The fraction of sp³-hybridized carbons (Fsp3) is 0.562. The Hall–Kier alpha value is -1.73. The molecule has 2 aromatic heterocycles. The quantitative estimate of drug-likeness (QED) is 0.877. The van der Waals surface area contributed by atoms with Crippen LogP contribution in [0.25, 0.3) is 0 Å². The Morgan fingerprint density at radius 2 is 2.43 bits per heavy atom. The number of nitrogens with one attached hydrogen (secondary N) is 1. The van der Waals surface area contributed by atoms with E-state index >= 15 is 0 Å². The third-order valence-electron chi connectivity index (χ3n) is 3.96. The Morgan fingerprint density at radius 3 is 3.26 bits per heavy atom. The number of hydrogen-bond acceptors (Lipinski definition) is 6. The number of nitrogens with zero attached hydrogens (tertiary/aromatic N) is 2. The Labute approximate surface area is 139 Å². The van der Waals surface area contributed by atoms with Gasteiger partial charge in [-0.15, -0.1) is 11.3 Å². The van der Waals surface area contributed by atoms with Gasteiger partial charge in [-0.3, -0.25) is 4.79 Å². The van der Waals surface area contributed by atoms with E-state index < -0.39 is 0 Å². The lowest BCUT2D eigenvalue weighted by Crippen LogP contribution is -2.25. The van der Waals surface area contributed by atoms with Crippen molar-refractivity contribution in [2.45, 2.75) is 39.2 Å². The molecule has 6 nitrogen and oxygen atoms in total. The van der Waals surface area contributed by atoms with E-state index in [9.17, 15) is 4.79 Å². The van der Waals surface area contributed by atoms with Crippen molar-refractivity contribution in [2.24, 2.45) is 5.92 Å². The number of ether oxygens (including phenoxy) is 1. The molecule has 1 aliphatic carbocycles. The van der Waals surface area contributed by atoms with Crippen molar-refractivity contribution in [3.8, 4) is 0 Å². The van der Waals surface area contributed by atoms with Gasteiger partial charge < -0.3 is 14.6 Å². The molecular weight excluding hydrogens is 314 g/mol. The Kier molecular flexibility index (Phi) is 5.07. The summed E-state index contributed by atoms with van der Waals surface area (Å²) in [7, 11) is 1.58. The van der Waals surface area contributed by atoms with Crippen LogP contribution in [0.4, 0.5) is 0 Å². The van der Waals surface area contributed by atoms with Gasteiger partial charge in [0.15, 0.2) is 5.82 Å². The van der Waals surface area contributed by atoms with Crippen LogP contribution in [0.3, 0.4) is 0 Å². The zero-order chi connectivity index (χ0) is 16.2. The molecule has 1 amide bonds. The first kappa shape index (κ1) is 16.1. The van der Waals surface area contributed by atoms with Crippen LogP contribution in [0.1, 0.15) is 45.2 Å². The van der Waals surface area contributed by atoms with Crippen LogP contribution in [0.2, 0.25) is 0 Å². The van der Waals surface area contributed by atoms with Gasteiger partial charge in [-0.25, -0.2) is 0 Å². The standard InChI is InChI=1S/C16H21N3O3S/c1-10-3-4-12-11(7-10)8-13(23-12)16(20)17-6-5-15-18-14(9-21-2)19-22-15/h8,10H,3-7,9H2,1-2H3,(H,17,20). The second-order valence-corrected chi connectivity index (χ2v) is 7.09. The summed E-state index contributed by atoms with van der Waals surface area (Å²) in [6.07, 6.45) is 3.92. The van der Waals surface area contributed by atoms with Crippen LogP contribution in [0.5, 0.6) is 0 Å². The van der Waals surface area contributed by atoms with Crippen molar-refractivity contribution in [3.63, 3.8) is 0 Å². The molecule has 0 bridgehead atoms. The summed E-state index contributed by atoms with van der Waals surface area (Å²) >= 11 is 1.62. The smallest absolute Gasteiger partial charge is 0.261 e. The molecule has 1 aliphatic rings. The first-order valence-corrected chi connectivity index (χ1v) is 8.67. The van der Waals surface area contributed by atoms with Gasteiger partial charge in [-0.2, -0.15) is 4.98 Å². The van der Waals surface area contributed by atoms with E-state index in [1.54, 1.807) is 18.4 Å². The summed E-state index contributed by atoms with van der Waals surface area (Å²) in [5, 5.41) is 6.71. The van der Waals surface area contributed by atoms with Crippen molar-refractivity contribution in [2.75, 3.05) is 13.7 Å². The summed E-state index contributed by atoms with van der Waals surface area (Å²) in [6, 6.07) is 2.05. The molecule has 0 spiro atoms. The highest BCUT2D eigenvalue weighted by molar-refractivity contribution is 7.14. The molecule has 2 heterocycles. The molecule has 0 radical (unpaired) electrons. The van der Waals surface area contributed by atoms with E-state index in [2.05, 4.69) is 22.4 Å². The summed E-state index contributed by atoms with van der Waals surface area (Å²) in [5.74, 6) is 1.73. The van der Waals surface area contributed by atoms with Crippen molar-refractivity contribution in [1.82, 2.24) is 15.5 Å². The average Bonchev–Trinajstić information content (AvgIpc) is 3.14. The molecule has 0 fully saturated rings. The minimum Gasteiger partial charge on any atom is -0.377 e. The molecule has 3 rings (SSSR count). The Balaban J connectivity index is 1.51. The molecule has 0 saturated carbocycles. The largest absolute Gasteiger partial charge is 0.377 e. The number of carbonyl (C=O) groups is 1. The molecule has 1 N–H and O–H groups in total. The fourth-order valence-electron chi connectivity index (χ4n) is 2.77. The second kappa shape index (κ2) is 7.23. The summed E-state index contributed by atoms with van der Waals surface area (Å²) in [5.41, 5.74) is 1.35. The van der Waals surface area contributed by atoms with Gasteiger partial charge in [0.25, 0.3) is 5.91 Å². The van der Waals surface area contributed by atoms with E-state index in [1.807, 2.05) is 6.07 Å².